The van der Waals surface area contributed by atoms with Gasteiger partial charge in [0.2, 0.25) is 0 Å². The van der Waals surface area contributed by atoms with Crippen LogP contribution in [0.4, 0.5) is 0 Å². The third-order valence-corrected chi connectivity index (χ3v) is 12.0. The normalized spacial score (nSPS) is 14.8. The highest BCUT2D eigenvalue weighted by atomic mass is 15.0. The van der Waals surface area contributed by atoms with Crippen molar-refractivity contribution in [1.29, 1.82) is 0 Å². The molecule has 0 bridgehead atoms. The van der Waals surface area contributed by atoms with Gasteiger partial charge in [0.25, 0.3) is 0 Å². The topological polar surface area (TPSA) is 9.86 Å². The van der Waals surface area contributed by atoms with Crippen LogP contribution in [0.2, 0.25) is 0 Å². The predicted molar refractivity (Wildman–Crippen MR) is 228 cm³/mol. The van der Waals surface area contributed by atoms with Crippen LogP contribution in [0.5, 0.6) is 0 Å². The molecule has 2 aliphatic carbocycles. The van der Waals surface area contributed by atoms with Crippen molar-refractivity contribution >= 4 is 60.0 Å². The van der Waals surface area contributed by atoms with Crippen molar-refractivity contribution in [2.75, 3.05) is 0 Å². The molecule has 0 saturated heterocycles. The molecule has 0 amide bonds. The lowest BCUT2D eigenvalue weighted by Crippen LogP contribution is -2.03. The van der Waals surface area contributed by atoms with Crippen LogP contribution in [0, 0.1) is 0 Å². The van der Waals surface area contributed by atoms with Gasteiger partial charge in [0, 0.05) is 45.2 Å². The molecule has 1 unspecified atom stereocenters. The van der Waals surface area contributed by atoms with Gasteiger partial charge in [-0.1, -0.05) is 146 Å². The number of allylic oxidation sites excluding steroid dienone is 4. The standard InChI is InChI=1S/C52H34N2/c1-4-17-42-37(12-1)38-13-2-5-18-43(38)52-45-20-11-23-49-50(45)46(39-14-3-6-19-44(39)51(42)52)32-53(49)35-28-24-33(25-29-35)34-26-30-36(31-27-34)54-47-21-9-7-15-40(47)41-16-8-10-22-48(41)54/h1-26,28-32,34H,27H2. The Labute approximate surface area is 313 Å². The van der Waals surface area contributed by atoms with Crippen LogP contribution in [0.3, 0.4) is 0 Å². The Morgan fingerprint density at radius 1 is 0.426 bits per heavy atom. The number of hydrogen-bond donors (Lipinski definition) is 0. The summed E-state index contributed by atoms with van der Waals surface area (Å²) < 4.78 is 4.82. The Hall–Kier alpha value is -6.90. The number of benzene rings is 8. The zero-order valence-electron chi connectivity index (χ0n) is 29.6. The van der Waals surface area contributed by atoms with Crippen LogP contribution in [0.1, 0.15) is 17.9 Å². The molecule has 54 heavy (non-hydrogen) atoms. The van der Waals surface area contributed by atoms with Gasteiger partial charge in [-0.2, -0.15) is 0 Å². The van der Waals surface area contributed by atoms with E-state index in [1.807, 2.05) is 0 Å². The molecule has 2 heterocycles. The van der Waals surface area contributed by atoms with E-state index in [-0.39, 0.29) is 0 Å². The second-order valence-corrected chi connectivity index (χ2v) is 14.8. The van der Waals surface area contributed by atoms with E-state index in [2.05, 4.69) is 197 Å². The van der Waals surface area contributed by atoms with E-state index in [4.69, 9.17) is 0 Å². The maximum atomic E-state index is 2.42. The van der Waals surface area contributed by atoms with Crippen molar-refractivity contribution in [2.45, 2.75) is 12.3 Å². The van der Waals surface area contributed by atoms with Gasteiger partial charge >= 0.3 is 0 Å². The lowest BCUT2D eigenvalue weighted by atomic mass is 9.85. The van der Waals surface area contributed by atoms with Crippen LogP contribution in [-0.4, -0.2) is 9.13 Å². The summed E-state index contributed by atoms with van der Waals surface area (Å²) in [5, 5.41) is 9.12. The van der Waals surface area contributed by atoms with Crippen LogP contribution < -0.4 is 0 Å². The predicted octanol–water partition coefficient (Wildman–Crippen LogP) is 13.9. The van der Waals surface area contributed by atoms with Gasteiger partial charge < -0.3 is 9.13 Å². The van der Waals surface area contributed by atoms with Gasteiger partial charge in [-0.25, -0.2) is 0 Å². The zero-order chi connectivity index (χ0) is 35.3. The number of hydrogen-bond acceptors (Lipinski definition) is 0. The van der Waals surface area contributed by atoms with E-state index in [1.54, 1.807) is 0 Å². The summed E-state index contributed by atoms with van der Waals surface area (Å²) in [6.45, 7) is 0. The average Bonchev–Trinajstić information content (AvgIpc) is 3.76. The molecule has 2 heteroatoms. The van der Waals surface area contributed by atoms with E-state index in [9.17, 15) is 0 Å². The summed E-state index contributed by atoms with van der Waals surface area (Å²) in [4.78, 5) is 0. The minimum Gasteiger partial charge on any atom is -0.316 e. The first-order valence-corrected chi connectivity index (χ1v) is 19.0. The van der Waals surface area contributed by atoms with E-state index in [0.717, 1.165) is 6.42 Å². The Balaban J connectivity index is 0.964. The van der Waals surface area contributed by atoms with Crippen molar-refractivity contribution < 1.29 is 0 Å². The summed E-state index contributed by atoms with van der Waals surface area (Å²) in [6, 6.07) is 60.5. The van der Waals surface area contributed by atoms with Gasteiger partial charge in [-0.15, -0.1) is 0 Å². The van der Waals surface area contributed by atoms with Gasteiger partial charge in [-0.05, 0) is 97.8 Å². The van der Waals surface area contributed by atoms with E-state index in [1.165, 1.54) is 105 Å². The summed E-state index contributed by atoms with van der Waals surface area (Å²) >= 11 is 0. The molecule has 10 aromatic rings. The third-order valence-electron chi connectivity index (χ3n) is 12.0. The third kappa shape index (κ3) is 4.11. The quantitative estimate of drug-likeness (QED) is 0.164. The zero-order valence-corrected chi connectivity index (χ0v) is 29.6. The minimum absolute atomic E-state index is 0.330. The molecule has 0 fully saturated rings. The Kier molecular flexibility index (Phi) is 6.20. The van der Waals surface area contributed by atoms with Crippen molar-refractivity contribution in [3.05, 3.63) is 194 Å². The van der Waals surface area contributed by atoms with E-state index in [0.29, 0.717) is 5.92 Å². The molecule has 2 aliphatic rings. The molecule has 0 spiro atoms. The van der Waals surface area contributed by atoms with Crippen LogP contribution in [-0.2, 0) is 0 Å². The summed E-state index contributed by atoms with van der Waals surface area (Å²) in [7, 11) is 0. The number of fused-ring (bicyclic) bond motifs is 13. The van der Waals surface area contributed by atoms with Crippen molar-refractivity contribution in [1.82, 2.24) is 9.13 Å². The molecular formula is C52H34N2. The molecular weight excluding hydrogens is 653 g/mol. The maximum absolute atomic E-state index is 2.42. The number of rotatable bonds is 3. The number of nitrogens with zero attached hydrogens (tertiary/aromatic N) is 2. The minimum atomic E-state index is 0.330. The Morgan fingerprint density at radius 2 is 0.963 bits per heavy atom. The van der Waals surface area contributed by atoms with Gasteiger partial charge in [0.05, 0.1) is 16.6 Å². The first-order chi connectivity index (χ1) is 26.8. The van der Waals surface area contributed by atoms with E-state index < -0.39 is 0 Å². The van der Waals surface area contributed by atoms with Gasteiger partial charge in [0.15, 0.2) is 0 Å². The van der Waals surface area contributed by atoms with E-state index >= 15 is 0 Å². The summed E-state index contributed by atoms with van der Waals surface area (Å²) in [5.74, 6) is 0.330. The van der Waals surface area contributed by atoms with Crippen LogP contribution in [0.15, 0.2) is 188 Å². The van der Waals surface area contributed by atoms with Gasteiger partial charge in [0.1, 0.15) is 0 Å². The molecule has 12 rings (SSSR count). The lowest BCUT2D eigenvalue weighted by molar-refractivity contribution is 0.849. The molecule has 252 valence electrons. The molecule has 0 saturated carbocycles. The van der Waals surface area contributed by atoms with Crippen molar-refractivity contribution in [2.24, 2.45) is 0 Å². The first kappa shape index (κ1) is 29.7. The summed E-state index contributed by atoms with van der Waals surface area (Å²) in [6.07, 6.45) is 10.4. The van der Waals surface area contributed by atoms with Crippen molar-refractivity contribution in [3.8, 4) is 39.1 Å². The highest BCUT2D eigenvalue weighted by Gasteiger charge is 2.27. The van der Waals surface area contributed by atoms with Crippen LogP contribution in [0.25, 0.3) is 99.0 Å². The monoisotopic (exact) mass is 686 g/mol. The summed E-state index contributed by atoms with van der Waals surface area (Å²) in [5.41, 5.74) is 15.3. The van der Waals surface area contributed by atoms with Crippen molar-refractivity contribution in [3.63, 3.8) is 0 Å². The highest BCUT2D eigenvalue weighted by Crippen LogP contribution is 2.53. The molecule has 0 N–H and O–H groups in total. The number of aromatic nitrogens is 2. The lowest BCUT2D eigenvalue weighted by Gasteiger charge is -2.19. The highest BCUT2D eigenvalue weighted by molar-refractivity contribution is 6.27. The first-order valence-electron chi connectivity index (χ1n) is 19.0. The SMILES string of the molecule is C1=CC(c2ccc(-n3cc4c5c(cccc53)-c3c(c5ccccc5c5ccccc35)-c3ccccc3-4)cc2)CC=C1n1c2ccccc2c2ccccc21. The number of para-hydroxylation sites is 2. The second-order valence-electron chi connectivity index (χ2n) is 14.8. The molecule has 0 radical (unpaired) electrons. The Morgan fingerprint density at radius 3 is 1.61 bits per heavy atom. The largest absolute Gasteiger partial charge is 0.316 e. The Bertz CT molecular complexity index is 3180. The maximum Gasteiger partial charge on any atom is 0.0541 e. The van der Waals surface area contributed by atoms with Crippen LogP contribution >= 0.6 is 0 Å². The smallest absolute Gasteiger partial charge is 0.0541 e. The molecule has 2 aromatic heterocycles. The molecule has 8 aromatic carbocycles. The second kappa shape index (κ2) is 11.3. The fourth-order valence-electron chi connectivity index (χ4n) is 9.66. The van der Waals surface area contributed by atoms with Gasteiger partial charge in [-0.3, -0.25) is 0 Å². The fraction of sp³-hybridized carbons (Fsp3) is 0.0385. The molecule has 0 aliphatic heterocycles. The molecule has 2 nitrogen and oxygen atoms in total. The molecule has 1 atom stereocenters. The fourth-order valence-corrected chi connectivity index (χ4v) is 9.66. The average molecular weight is 687 g/mol.